The number of piperazine rings is 1. The number of fused-ring (bicyclic) bond motifs is 3. The van der Waals surface area contributed by atoms with Crippen molar-refractivity contribution in [2.24, 2.45) is 11.8 Å². The molecule has 0 amide bonds. The minimum atomic E-state index is 0.439. The summed E-state index contributed by atoms with van der Waals surface area (Å²) < 4.78 is 18.6. The second kappa shape index (κ2) is 12.6. The van der Waals surface area contributed by atoms with Crippen LogP contribution in [0.15, 0.2) is 55.1 Å². The third-order valence-corrected chi connectivity index (χ3v) is 9.73. The van der Waals surface area contributed by atoms with Gasteiger partial charge >= 0.3 is 0 Å². The van der Waals surface area contributed by atoms with Gasteiger partial charge in [-0.3, -0.25) is 4.90 Å². The number of piperidine rings is 1. The highest BCUT2D eigenvalue weighted by Crippen LogP contribution is 2.37. The van der Waals surface area contributed by atoms with Gasteiger partial charge in [0.05, 0.1) is 43.8 Å². The molecule has 4 aliphatic heterocycles. The summed E-state index contributed by atoms with van der Waals surface area (Å²) in [5.74, 6) is 3.34. The number of methoxy groups -OCH3 is 2. The van der Waals surface area contributed by atoms with Crippen LogP contribution < -0.4 is 14.4 Å². The second-order valence-electron chi connectivity index (χ2n) is 12.6. The van der Waals surface area contributed by atoms with E-state index < -0.39 is 0 Å². The zero-order valence-corrected chi connectivity index (χ0v) is 26.2. The van der Waals surface area contributed by atoms with Crippen LogP contribution in [0.2, 0.25) is 0 Å². The number of pyridine rings is 3. The van der Waals surface area contributed by atoms with Gasteiger partial charge in [-0.25, -0.2) is 14.5 Å². The van der Waals surface area contributed by atoms with Crippen LogP contribution in [0.25, 0.3) is 16.6 Å². The maximum atomic E-state index is 9.83. The van der Waals surface area contributed by atoms with Gasteiger partial charge in [0, 0.05) is 94.0 Å². The molecule has 4 unspecified atom stereocenters. The number of hydrogen-bond acceptors (Lipinski definition) is 10. The van der Waals surface area contributed by atoms with Crippen LogP contribution in [0.4, 0.5) is 5.82 Å². The Bertz CT molecular complexity index is 1660. The van der Waals surface area contributed by atoms with Crippen molar-refractivity contribution in [2.75, 3.05) is 65.1 Å². The van der Waals surface area contributed by atoms with Gasteiger partial charge in [0.2, 0.25) is 5.88 Å². The average molecular weight is 609 g/mol. The minimum absolute atomic E-state index is 0.439. The molecule has 0 radical (unpaired) electrons. The van der Waals surface area contributed by atoms with Crippen LogP contribution in [0, 0.1) is 23.2 Å². The summed E-state index contributed by atoms with van der Waals surface area (Å²) in [4.78, 5) is 16.7. The van der Waals surface area contributed by atoms with Gasteiger partial charge in [-0.05, 0) is 36.1 Å². The summed E-state index contributed by atoms with van der Waals surface area (Å²) in [5.41, 5.74) is 4.33. The molecule has 234 valence electrons. The van der Waals surface area contributed by atoms with Crippen molar-refractivity contribution in [3.05, 3.63) is 66.2 Å². The Balaban J connectivity index is 1.04. The highest BCUT2D eigenvalue weighted by Gasteiger charge is 2.44. The Morgan fingerprint density at radius 3 is 2.58 bits per heavy atom. The molecule has 4 atom stereocenters. The summed E-state index contributed by atoms with van der Waals surface area (Å²) in [6.45, 7) is 9.46. The minimum Gasteiger partial charge on any atom is -0.492 e. The van der Waals surface area contributed by atoms with E-state index in [1.54, 1.807) is 24.9 Å². The van der Waals surface area contributed by atoms with Crippen LogP contribution in [-0.2, 0) is 11.3 Å². The molecular formula is C34H40N8O3. The van der Waals surface area contributed by atoms with Crippen molar-refractivity contribution in [3.63, 3.8) is 0 Å². The molecule has 0 aromatic carbocycles. The zero-order valence-electron chi connectivity index (χ0n) is 26.2. The number of ether oxygens (including phenoxy) is 3. The maximum absolute atomic E-state index is 9.83. The van der Waals surface area contributed by atoms with Crippen molar-refractivity contribution in [2.45, 2.75) is 32.0 Å². The number of hydrogen-bond donors (Lipinski definition) is 0. The number of likely N-dealkylation sites (tertiary alicyclic amines) is 1. The molecule has 8 rings (SSSR count). The number of nitriles is 1. The average Bonchev–Trinajstić information content (AvgIpc) is 3.67. The number of aromatic nitrogens is 4. The molecule has 4 saturated heterocycles. The number of rotatable bonds is 11. The SMILES string of the molecule is COCCN1CC(C)C(COc2cc(-c3ccc(N4CC5CC(C4)N5Cc4ccc(OC)nc4)nc3)c3c(C#N)cnn3c2)C1. The lowest BCUT2D eigenvalue weighted by atomic mass is 9.87. The van der Waals surface area contributed by atoms with E-state index in [9.17, 15) is 5.26 Å². The van der Waals surface area contributed by atoms with E-state index in [0.717, 1.165) is 74.1 Å². The van der Waals surface area contributed by atoms with Crippen LogP contribution in [0.5, 0.6) is 11.6 Å². The van der Waals surface area contributed by atoms with Crippen molar-refractivity contribution < 1.29 is 14.2 Å². The van der Waals surface area contributed by atoms with Crippen LogP contribution >= 0.6 is 0 Å². The number of anilines is 1. The predicted molar refractivity (Wildman–Crippen MR) is 170 cm³/mol. The fraction of sp³-hybridized carbons (Fsp3) is 0.471. The molecule has 11 heteroatoms. The van der Waals surface area contributed by atoms with Crippen LogP contribution in [0.3, 0.4) is 0 Å². The van der Waals surface area contributed by atoms with Crippen molar-refractivity contribution >= 4 is 11.3 Å². The van der Waals surface area contributed by atoms with E-state index in [4.69, 9.17) is 19.2 Å². The van der Waals surface area contributed by atoms with Gasteiger partial charge in [-0.1, -0.05) is 13.0 Å². The van der Waals surface area contributed by atoms with Crippen molar-refractivity contribution in [1.29, 1.82) is 5.26 Å². The molecule has 4 fully saturated rings. The molecule has 0 spiro atoms. The van der Waals surface area contributed by atoms with Gasteiger partial charge in [0.15, 0.2) is 0 Å². The highest BCUT2D eigenvalue weighted by molar-refractivity contribution is 5.85. The molecule has 4 aliphatic rings. The van der Waals surface area contributed by atoms with Gasteiger partial charge in [0.1, 0.15) is 17.6 Å². The van der Waals surface area contributed by atoms with Gasteiger partial charge in [0.25, 0.3) is 0 Å². The fourth-order valence-corrected chi connectivity index (χ4v) is 7.14. The van der Waals surface area contributed by atoms with Gasteiger partial charge in [-0.15, -0.1) is 0 Å². The smallest absolute Gasteiger partial charge is 0.212 e. The van der Waals surface area contributed by atoms with Crippen molar-refractivity contribution in [3.8, 4) is 28.8 Å². The molecule has 4 aromatic heterocycles. The fourth-order valence-electron chi connectivity index (χ4n) is 7.14. The highest BCUT2D eigenvalue weighted by atomic mass is 16.5. The summed E-state index contributed by atoms with van der Waals surface area (Å²) in [5, 5.41) is 14.3. The third kappa shape index (κ3) is 5.93. The largest absolute Gasteiger partial charge is 0.492 e. The molecule has 4 aromatic rings. The topological polar surface area (TPSA) is 104 Å². The Morgan fingerprint density at radius 1 is 1.00 bits per heavy atom. The zero-order chi connectivity index (χ0) is 30.9. The molecule has 0 saturated carbocycles. The lowest BCUT2D eigenvalue weighted by Gasteiger charge is -2.56. The second-order valence-corrected chi connectivity index (χ2v) is 12.6. The summed E-state index contributed by atoms with van der Waals surface area (Å²) in [6.07, 6.45) is 8.53. The molecule has 45 heavy (non-hydrogen) atoms. The summed E-state index contributed by atoms with van der Waals surface area (Å²) >= 11 is 0. The first-order valence-electron chi connectivity index (χ1n) is 15.7. The number of nitrogens with zero attached hydrogens (tertiary/aromatic N) is 8. The van der Waals surface area contributed by atoms with Crippen LogP contribution in [0.1, 0.15) is 24.5 Å². The molecule has 0 N–H and O–H groups in total. The first-order valence-corrected chi connectivity index (χ1v) is 15.7. The molecule has 2 bridgehead atoms. The summed E-state index contributed by atoms with van der Waals surface area (Å²) in [7, 11) is 3.39. The summed E-state index contributed by atoms with van der Waals surface area (Å²) in [6, 6.07) is 13.5. The Morgan fingerprint density at radius 2 is 1.87 bits per heavy atom. The van der Waals surface area contributed by atoms with E-state index in [2.05, 4.69) is 56.0 Å². The monoisotopic (exact) mass is 608 g/mol. The van der Waals surface area contributed by atoms with E-state index in [1.807, 2.05) is 30.7 Å². The lowest BCUT2D eigenvalue weighted by molar-refractivity contribution is -0.00876. The van der Waals surface area contributed by atoms with E-state index in [1.165, 1.54) is 12.0 Å². The quantitative estimate of drug-likeness (QED) is 0.250. The first-order chi connectivity index (χ1) is 22.0. The normalized spacial score (nSPS) is 23.2. The molecule has 11 nitrogen and oxygen atoms in total. The van der Waals surface area contributed by atoms with Gasteiger partial charge in [-0.2, -0.15) is 10.4 Å². The Kier molecular flexibility index (Phi) is 8.27. The lowest BCUT2D eigenvalue weighted by Crippen LogP contribution is -2.68. The van der Waals surface area contributed by atoms with E-state index >= 15 is 0 Å². The predicted octanol–water partition coefficient (Wildman–Crippen LogP) is 3.73. The molecule has 8 heterocycles. The van der Waals surface area contributed by atoms with E-state index in [0.29, 0.717) is 42.0 Å². The molecule has 0 aliphatic carbocycles. The Labute approximate surface area is 263 Å². The van der Waals surface area contributed by atoms with Gasteiger partial charge < -0.3 is 24.0 Å². The maximum Gasteiger partial charge on any atom is 0.212 e. The van der Waals surface area contributed by atoms with E-state index in [-0.39, 0.29) is 0 Å². The molecular weight excluding hydrogens is 568 g/mol. The van der Waals surface area contributed by atoms with Crippen molar-refractivity contribution in [1.82, 2.24) is 29.4 Å². The standard InChI is InChI=1S/C34H40N8O3/c1-23-16-39(8-9-43-2)18-27(23)22-45-30-11-31(34-26(12-35)15-38-42(34)21-30)25-5-6-32(36-14-25)40-19-28-10-29(20-40)41(28)17-24-4-7-33(44-3)37-13-24/h4-7,11,13-15,21,23,27-29H,8-10,16-20,22H2,1-3H3. The first kappa shape index (κ1) is 29.5. The Hall–Kier alpha value is -4.24. The third-order valence-electron chi connectivity index (χ3n) is 9.73. The van der Waals surface area contributed by atoms with Crippen LogP contribution in [-0.4, -0.2) is 102 Å².